The minimum Gasteiger partial charge on any atom is -0.507 e. The Hall–Kier alpha value is -4.21. The third-order valence-electron chi connectivity index (χ3n) is 8.98. The molecule has 1 aliphatic carbocycles. The molecular formula is C32H33F2N3O5. The quantitative estimate of drug-likeness (QED) is 0.336. The lowest BCUT2D eigenvalue weighted by molar-refractivity contribution is -0.142. The maximum Gasteiger partial charge on any atom is 0.411 e. The fourth-order valence-electron chi connectivity index (χ4n) is 6.28. The number of phenols is 1. The van der Waals surface area contributed by atoms with Crippen molar-refractivity contribution in [3.05, 3.63) is 77.0 Å². The van der Waals surface area contributed by atoms with Gasteiger partial charge in [-0.15, -0.1) is 0 Å². The van der Waals surface area contributed by atoms with E-state index in [9.17, 15) is 28.6 Å². The third-order valence-corrected chi connectivity index (χ3v) is 8.98. The number of carbonyl (C=O) groups is 2. The molecule has 1 aromatic heterocycles. The average Bonchev–Trinajstić information content (AvgIpc) is 3.23. The van der Waals surface area contributed by atoms with E-state index in [-0.39, 0.29) is 24.1 Å². The maximum atomic E-state index is 14.0. The van der Waals surface area contributed by atoms with E-state index < -0.39 is 35.8 Å². The summed E-state index contributed by atoms with van der Waals surface area (Å²) in [4.78, 5) is 33.1. The Morgan fingerprint density at radius 3 is 2.38 bits per heavy atom. The van der Waals surface area contributed by atoms with Crippen molar-refractivity contribution >= 4 is 17.9 Å². The van der Waals surface area contributed by atoms with Gasteiger partial charge in [0.2, 0.25) is 0 Å². The lowest BCUT2D eigenvalue weighted by Gasteiger charge is -2.33. The number of cyclic esters (lactones) is 1. The van der Waals surface area contributed by atoms with Crippen LogP contribution in [0.15, 0.2) is 48.5 Å². The van der Waals surface area contributed by atoms with Gasteiger partial charge >= 0.3 is 12.1 Å². The molecule has 0 spiro atoms. The monoisotopic (exact) mass is 577 g/mol. The number of nitrogens with zero attached hydrogens (tertiary/aromatic N) is 3. The van der Waals surface area contributed by atoms with Gasteiger partial charge in [0, 0.05) is 24.2 Å². The SMILES string of the molecule is C[C@H]1[C@@H](c2ccc(F)c(F)c2)OC(=O)N1Cc1nc(N2CCC2)ccc1-c1cc([C@H]2CC[C@H](C(=O)O)CC2)ccc1O. The summed E-state index contributed by atoms with van der Waals surface area (Å²) >= 11 is 0. The number of carbonyl (C=O) groups excluding carboxylic acids is 1. The van der Waals surface area contributed by atoms with E-state index in [0.29, 0.717) is 35.2 Å². The lowest BCUT2D eigenvalue weighted by Crippen LogP contribution is -2.38. The van der Waals surface area contributed by atoms with E-state index in [0.717, 1.165) is 55.9 Å². The van der Waals surface area contributed by atoms with Crippen LogP contribution in [-0.4, -0.2) is 51.3 Å². The third kappa shape index (κ3) is 5.26. The number of phenolic OH excluding ortho intramolecular Hbond substituents is 1. The van der Waals surface area contributed by atoms with Crippen molar-refractivity contribution in [3.63, 3.8) is 0 Å². The van der Waals surface area contributed by atoms with Crippen molar-refractivity contribution in [2.24, 2.45) is 5.92 Å². The molecule has 2 aromatic carbocycles. The second kappa shape index (κ2) is 11.2. The Kier molecular flexibility index (Phi) is 7.47. The summed E-state index contributed by atoms with van der Waals surface area (Å²) in [5.74, 6) is -2.01. The second-order valence-corrected chi connectivity index (χ2v) is 11.5. The molecule has 3 fully saturated rings. The minimum atomic E-state index is -1.01. The van der Waals surface area contributed by atoms with Gasteiger partial charge in [-0.2, -0.15) is 0 Å². The molecule has 1 amide bonds. The summed E-state index contributed by atoms with van der Waals surface area (Å²) in [5, 5.41) is 20.4. The first-order valence-electron chi connectivity index (χ1n) is 14.4. The highest BCUT2D eigenvalue weighted by Crippen LogP contribution is 2.41. The van der Waals surface area contributed by atoms with Crippen LogP contribution in [0.3, 0.4) is 0 Å². The number of carboxylic acids is 1. The van der Waals surface area contributed by atoms with Crippen LogP contribution in [0.1, 0.15) is 67.9 Å². The molecule has 3 aromatic rings. The number of rotatable bonds is 7. The highest BCUT2D eigenvalue weighted by Gasteiger charge is 2.40. The van der Waals surface area contributed by atoms with E-state index in [2.05, 4.69) is 4.90 Å². The van der Waals surface area contributed by atoms with Crippen LogP contribution in [0.5, 0.6) is 5.75 Å². The summed E-state index contributed by atoms with van der Waals surface area (Å²) in [6.07, 6.45) is 2.42. The number of aromatic nitrogens is 1. The number of ether oxygens (including phenoxy) is 1. The highest BCUT2D eigenvalue weighted by molar-refractivity contribution is 5.76. The number of aliphatic carboxylic acids is 1. The van der Waals surface area contributed by atoms with E-state index in [1.165, 1.54) is 11.0 Å². The molecule has 0 radical (unpaired) electrons. The molecule has 6 rings (SSSR count). The Morgan fingerprint density at radius 1 is 0.976 bits per heavy atom. The van der Waals surface area contributed by atoms with Crippen LogP contribution >= 0.6 is 0 Å². The zero-order chi connectivity index (χ0) is 29.5. The molecule has 8 nitrogen and oxygen atoms in total. The molecule has 220 valence electrons. The number of amides is 1. The van der Waals surface area contributed by atoms with Crippen LogP contribution in [0.2, 0.25) is 0 Å². The van der Waals surface area contributed by atoms with Crippen molar-refractivity contribution in [3.8, 4) is 16.9 Å². The average molecular weight is 578 g/mol. The van der Waals surface area contributed by atoms with Crippen molar-refractivity contribution < 1.29 is 33.3 Å². The Labute approximate surface area is 242 Å². The molecule has 0 unspecified atom stereocenters. The standard InChI is InChI=1S/C32H33F2N3O5/c1-18-30(22-7-10-25(33)26(34)16-22)42-32(41)37(18)17-27-23(9-12-29(35-27)36-13-2-14-36)24-15-21(8-11-28(24)38)19-3-5-20(6-4-19)31(39)40/h7-12,15-16,18-20,30,38H,2-6,13-14,17H2,1H3,(H,39,40)/t18-,19-,20-,30-/m0/s1. The Balaban J connectivity index is 1.32. The van der Waals surface area contributed by atoms with Crippen molar-refractivity contribution in [1.82, 2.24) is 9.88 Å². The highest BCUT2D eigenvalue weighted by atomic mass is 19.2. The fraction of sp³-hybridized carbons (Fsp3) is 0.406. The topological polar surface area (TPSA) is 103 Å². The van der Waals surface area contributed by atoms with Crippen LogP contribution in [0, 0.1) is 17.6 Å². The van der Waals surface area contributed by atoms with E-state index in [1.54, 1.807) is 13.0 Å². The molecule has 42 heavy (non-hydrogen) atoms. The van der Waals surface area contributed by atoms with Crippen molar-refractivity contribution in [2.45, 2.75) is 63.6 Å². The molecule has 2 aliphatic heterocycles. The number of halogens is 2. The summed E-state index contributed by atoms with van der Waals surface area (Å²) in [7, 11) is 0. The minimum absolute atomic E-state index is 0.0782. The predicted octanol–water partition coefficient (Wildman–Crippen LogP) is 6.38. The Morgan fingerprint density at radius 2 is 1.71 bits per heavy atom. The van der Waals surface area contributed by atoms with E-state index >= 15 is 0 Å². The summed E-state index contributed by atoms with van der Waals surface area (Å²) in [5.41, 5.74) is 3.23. The van der Waals surface area contributed by atoms with Gasteiger partial charge in [-0.3, -0.25) is 9.69 Å². The molecule has 2 N–H and O–H groups in total. The molecule has 3 heterocycles. The number of hydrogen-bond donors (Lipinski definition) is 2. The molecule has 2 saturated heterocycles. The maximum absolute atomic E-state index is 14.0. The molecule has 3 aliphatic rings. The summed E-state index contributed by atoms with van der Waals surface area (Å²) in [6, 6.07) is 12.3. The van der Waals surface area contributed by atoms with E-state index in [1.807, 2.05) is 24.3 Å². The lowest BCUT2D eigenvalue weighted by atomic mass is 9.78. The van der Waals surface area contributed by atoms with Gasteiger partial charge in [0.1, 0.15) is 17.7 Å². The molecular weight excluding hydrogens is 544 g/mol. The molecule has 0 bridgehead atoms. The Bertz CT molecular complexity index is 1520. The smallest absolute Gasteiger partial charge is 0.411 e. The number of pyridine rings is 1. The van der Waals surface area contributed by atoms with Crippen molar-refractivity contribution in [2.75, 3.05) is 18.0 Å². The van der Waals surface area contributed by atoms with Gasteiger partial charge in [-0.05, 0) is 92.5 Å². The zero-order valence-corrected chi connectivity index (χ0v) is 23.3. The van der Waals surface area contributed by atoms with E-state index in [4.69, 9.17) is 9.72 Å². The predicted molar refractivity (Wildman–Crippen MR) is 151 cm³/mol. The van der Waals surface area contributed by atoms with Crippen LogP contribution in [0.25, 0.3) is 11.1 Å². The zero-order valence-electron chi connectivity index (χ0n) is 23.3. The largest absolute Gasteiger partial charge is 0.507 e. The number of aromatic hydroxyl groups is 1. The van der Waals surface area contributed by atoms with Crippen LogP contribution in [-0.2, 0) is 16.1 Å². The number of anilines is 1. The van der Waals surface area contributed by atoms with Gasteiger partial charge in [-0.1, -0.05) is 12.1 Å². The van der Waals surface area contributed by atoms with Crippen LogP contribution in [0.4, 0.5) is 19.4 Å². The van der Waals surface area contributed by atoms with Gasteiger partial charge in [0.15, 0.2) is 11.6 Å². The first kappa shape index (κ1) is 27.9. The first-order chi connectivity index (χ1) is 20.2. The normalized spacial score (nSPS) is 23.9. The summed E-state index contributed by atoms with van der Waals surface area (Å²) < 4.78 is 33.1. The number of carboxylic acid groups (broad SMARTS) is 1. The molecule has 10 heteroatoms. The molecule has 2 atom stereocenters. The van der Waals surface area contributed by atoms with Crippen molar-refractivity contribution in [1.29, 1.82) is 0 Å². The van der Waals surface area contributed by atoms with Gasteiger partial charge in [0.25, 0.3) is 0 Å². The number of benzene rings is 2. The summed E-state index contributed by atoms with van der Waals surface area (Å²) in [6.45, 7) is 3.64. The van der Waals surface area contributed by atoms with Crippen LogP contribution < -0.4 is 4.90 Å². The number of hydrogen-bond acceptors (Lipinski definition) is 6. The van der Waals surface area contributed by atoms with Gasteiger partial charge < -0.3 is 19.8 Å². The fourth-order valence-corrected chi connectivity index (χ4v) is 6.28. The van der Waals surface area contributed by atoms with Gasteiger partial charge in [-0.25, -0.2) is 18.6 Å². The second-order valence-electron chi connectivity index (χ2n) is 11.5. The molecule has 1 saturated carbocycles. The first-order valence-corrected chi connectivity index (χ1v) is 14.4. The van der Waals surface area contributed by atoms with Gasteiger partial charge in [0.05, 0.1) is 24.2 Å².